The fourth-order valence-electron chi connectivity index (χ4n) is 4.34. The first kappa shape index (κ1) is 21.9. The third-order valence-electron chi connectivity index (χ3n) is 6.10. The zero-order valence-corrected chi connectivity index (χ0v) is 19.5. The number of piperidine rings is 1. The highest BCUT2D eigenvalue weighted by atomic mass is 16.5. The molecule has 2 heterocycles. The van der Waals surface area contributed by atoms with Crippen molar-refractivity contribution in [2.75, 3.05) is 32.6 Å². The summed E-state index contributed by atoms with van der Waals surface area (Å²) in [6.45, 7) is 7.92. The van der Waals surface area contributed by atoms with E-state index in [2.05, 4.69) is 44.3 Å². The highest BCUT2D eigenvalue weighted by Crippen LogP contribution is 2.36. The first-order valence-corrected chi connectivity index (χ1v) is 11.1. The summed E-state index contributed by atoms with van der Waals surface area (Å²) in [5.74, 6) is 1.83. The number of likely N-dealkylation sites (tertiary alicyclic amines) is 1. The molecule has 0 spiro atoms. The van der Waals surface area contributed by atoms with E-state index in [0.29, 0.717) is 28.6 Å². The fourth-order valence-corrected chi connectivity index (χ4v) is 4.34. The Balaban J connectivity index is 1.81. The summed E-state index contributed by atoms with van der Waals surface area (Å²) in [4.78, 5) is 20.0. The van der Waals surface area contributed by atoms with Gasteiger partial charge in [-0.1, -0.05) is 13.0 Å². The third-order valence-corrected chi connectivity index (χ3v) is 6.10. The molecule has 1 N–H and O–H groups in total. The Bertz CT molecular complexity index is 1130. The molecule has 0 unspecified atom stereocenters. The Labute approximate surface area is 189 Å². The van der Waals surface area contributed by atoms with Crippen LogP contribution >= 0.6 is 0 Å². The van der Waals surface area contributed by atoms with Crippen LogP contribution in [0.3, 0.4) is 0 Å². The molecule has 1 amide bonds. The van der Waals surface area contributed by atoms with Crippen molar-refractivity contribution >= 4 is 28.2 Å². The summed E-state index contributed by atoms with van der Waals surface area (Å²) in [7, 11) is 3.21. The number of nitrogens with one attached hydrogen (secondary N) is 1. The molecule has 1 aliphatic rings. The van der Waals surface area contributed by atoms with Crippen molar-refractivity contribution in [1.82, 2.24) is 9.88 Å². The summed E-state index contributed by atoms with van der Waals surface area (Å²) < 4.78 is 11.0. The average molecular weight is 434 g/mol. The maximum absolute atomic E-state index is 13.3. The van der Waals surface area contributed by atoms with Crippen LogP contribution in [0.1, 0.15) is 41.4 Å². The molecule has 0 atom stereocenters. The molecule has 1 aromatic heterocycles. The molecule has 3 aromatic rings. The molecule has 1 saturated heterocycles. The Morgan fingerprint density at radius 1 is 0.969 bits per heavy atom. The topological polar surface area (TPSA) is 63.7 Å². The standard InChI is InChI=1S/C26H31N3O3/c1-16-6-8-29(9-7-16)26(30)23-14-21(27-19-11-17(2)10-18(3)12-19)20-13-24(31-4)25(32-5)15-22(20)28-23/h10-16H,6-9H2,1-5H3,(H,27,28). The summed E-state index contributed by atoms with van der Waals surface area (Å²) in [5, 5.41) is 4.38. The molecule has 0 saturated carbocycles. The van der Waals surface area contributed by atoms with Crippen LogP contribution in [-0.4, -0.2) is 43.1 Å². The van der Waals surface area contributed by atoms with Gasteiger partial charge in [-0.15, -0.1) is 0 Å². The molecule has 4 rings (SSSR count). The number of rotatable bonds is 5. The maximum Gasteiger partial charge on any atom is 0.272 e. The van der Waals surface area contributed by atoms with Crippen molar-refractivity contribution in [3.05, 3.63) is 53.2 Å². The number of aromatic nitrogens is 1. The van der Waals surface area contributed by atoms with E-state index in [9.17, 15) is 4.79 Å². The zero-order valence-electron chi connectivity index (χ0n) is 19.5. The lowest BCUT2D eigenvalue weighted by Gasteiger charge is -2.30. The zero-order chi connectivity index (χ0) is 22.8. The number of carbonyl (C=O) groups excluding carboxylic acids is 1. The molecule has 2 aromatic carbocycles. The number of aryl methyl sites for hydroxylation is 2. The van der Waals surface area contributed by atoms with Crippen LogP contribution in [0.15, 0.2) is 36.4 Å². The van der Waals surface area contributed by atoms with Crippen LogP contribution in [0.4, 0.5) is 11.4 Å². The van der Waals surface area contributed by atoms with Crippen LogP contribution in [0.25, 0.3) is 10.9 Å². The van der Waals surface area contributed by atoms with Gasteiger partial charge in [0.1, 0.15) is 5.69 Å². The van der Waals surface area contributed by atoms with Gasteiger partial charge in [0, 0.05) is 30.2 Å². The number of benzene rings is 2. The largest absolute Gasteiger partial charge is 0.493 e. The Kier molecular flexibility index (Phi) is 6.21. The lowest BCUT2D eigenvalue weighted by molar-refractivity contribution is 0.0691. The van der Waals surface area contributed by atoms with Gasteiger partial charge in [0.15, 0.2) is 11.5 Å². The van der Waals surface area contributed by atoms with Crippen LogP contribution in [0, 0.1) is 19.8 Å². The van der Waals surface area contributed by atoms with Crippen molar-refractivity contribution in [3.63, 3.8) is 0 Å². The monoisotopic (exact) mass is 433 g/mol. The molecule has 0 radical (unpaired) electrons. The molecule has 168 valence electrons. The quantitative estimate of drug-likeness (QED) is 0.577. The molecule has 0 bridgehead atoms. The van der Waals surface area contributed by atoms with Crippen molar-refractivity contribution < 1.29 is 14.3 Å². The first-order chi connectivity index (χ1) is 15.4. The lowest BCUT2D eigenvalue weighted by Crippen LogP contribution is -2.38. The number of hydrogen-bond acceptors (Lipinski definition) is 5. The molecule has 1 fully saturated rings. The number of anilines is 2. The predicted molar refractivity (Wildman–Crippen MR) is 128 cm³/mol. The van der Waals surface area contributed by atoms with Crippen LogP contribution in [-0.2, 0) is 0 Å². The van der Waals surface area contributed by atoms with E-state index in [1.165, 1.54) is 11.1 Å². The Morgan fingerprint density at radius 2 is 1.59 bits per heavy atom. The van der Waals surface area contributed by atoms with Gasteiger partial charge in [-0.3, -0.25) is 4.79 Å². The number of ether oxygens (including phenoxy) is 2. The van der Waals surface area contributed by atoms with Crippen molar-refractivity contribution in [1.29, 1.82) is 0 Å². The highest BCUT2D eigenvalue weighted by molar-refractivity contribution is 6.01. The van der Waals surface area contributed by atoms with Crippen LogP contribution in [0.5, 0.6) is 11.5 Å². The molecule has 1 aliphatic heterocycles. The molecule has 32 heavy (non-hydrogen) atoms. The number of fused-ring (bicyclic) bond motifs is 1. The van der Waals surface area contributed by atoms with Crippen LogP contribution in [0.2, 0.25) is 0 Å². The Hall–Kier alpha value is -3.28. The first-order valence-electron chi connectivity index (χ1n) is 11.1. The summed E-state index contributed by atoms with van der Waals surface area (Å²) in [6, 6.07) is 11.9. The second kappa shape index (κ2) is 9.07. The summed E-state index contributed by atoms with van der Waals surface area (Å²) >= 11 is 0. The lowest BCUT2D eigenvalue weighted by atomic mass is 9.99. The van der Waals surface area contributed by atoms with Gasteiger partial charge >= 0.3 is 0 Å². The van der Waals surface area contributed by atoms with Gasteiger partial charge in [0.2, 0.25) is 0 Å². The predicted octanol–water partition coefficient (Wildman–Crippen LogP) is 5.48. The normalized spacial score (nSPS) is 14.5. The molecule has 0 aliphatic carbocycles. The van der Waals surface area contributed by atoms with Gasteiger partial charge in [-0.25, -0.2) is 4.98 Å². The van der Waals surface area contributed by atoms with Crippen LogP contribution < -0.4 is 14.8 Å². The van der Waals surface area contributed by atoms with Gasteiger partial charge in [-0.05, 0) is 68.0 Å². The minimum absolute atomic E-state index is 0.0305. The molecule has 6 nitrogen and oxygen atoms in total. The van der Waals surface area contributed by atoms with Crippen molar-refractivity contribution in [3.8, 4) is 11.5 Å². The summed E-state index contributed by atoms with van der Waals surface area (Å²) in [5.41, 5.74) is 5.24. The van der Waals surface area contributed by atoms with E-state index in [-0.39, 0.29) is 5.91 Å². The number of nitrogens with zero attached hydrogens (tertiary/aromatic N) is 2. The second-order valence-electron chi connectivity index (χ2n) is 8.76. The van der Waals surface area contributed by atoms with Gasteiger partial charge < -0.3 is 19.7 Å². The van der Waals surface area contributed by atoms with Crippen molar-refractivity contribution in [2.45, 2.75) is 33.6 Å². The van der Waals surface area contributed by atoms with E-state index in [1.54, 1.807) is 14.2 Å². The van der Waals surface area contributed by atoms with E-state index < -0.39 is 0 Å². The summed E-state index contributed by atoms with van der Waals surface area (Å²) in [6.07, 6.45) is 2.05. The van der Waals surface area contributed by atoms with E-state index in [1.807, 2.05) is 23.1 Å². The fraction of sp³-hybridized carbons (Fsp3) is 0.385. The maximum atomic E-state index is 13.3. The van der Waals surface area contributed by atoms with Gasteiger partial charge in [0.25, 0.3) is 5.91 Å². The third kappa shape index (κ3) is 4.49. The minimum atomic E-state index is -0.0305. The van der Waals surface area contributed by atoms with E-state index in [0.717, 1.165) is 42.7 Å². The molecule has 6 heteroatoms. The average Bonchev–Trinajstić information content (AvgIpc) is 2.77. The molecular formula is C26H31N3O3. The van der Waals surface area contributed by atoms with Gasteiger partial charge in [0.05, 0.1) is 25.4 Å². The number of carbonyl (C=O) groups is 1. The minimum Gasteiger partial charge on any atom is -0.493 e. The highest BCUT2D eigenvalue weighted by Gasteiger charge is 2.24. The van der Waals surface area contributed by atoms with E-state index >= 15 is 0 Å². The number of methoxy groups -OCH3 is 2. The second-order valence-corrected chi connectivity index (χ2v) is 8.76. The SMILES string of the molecule is COc1cc2nc(C(=O)N3CCC(C)CC3)cc(Nc3cc(C)cc(C)c3)c2cc1OC. The number of hydrogen-bond donors (Lipinski definition) is 1. The number of pyridine rings is 1. The number of amides is 1. The van der Waals surface area contributed by atoms with Crippen molar-refractivity contribution in [2.24, 2.45) is 5.92 Å². The smallest absolute Gasteiger partial charge is 0.272 e. The van der Waals surface area contributed by atoms with Gasteiger partial charge in [-0.2, -0.15) is 0 Å². The molecular weight excluding hydrogens is 402 g/mol. The van der Waals surface area contributed by atoms with E-state index in [4.69, 9.17) is 14.5 Å². The Morgan fingerprint density at radius 3 is 2.22 bits per heavy atom.